The normalized spacial score (nSPS) is 35.8. The first-order valence-corrected chi connectivity index (χ1v) is 2.77. The summed E-state index contributed by atoms with van der Waals surface area (Å²) in [4.78, 5) is 0. The van der Waals surface area contributed by atoms with Gasteiger partial charge >= 0.3 is 5.91 Å². The minimum atomic E-state index is -3.58. The van der Waals surface area contributed by atoms with Gasteiger partial charge in [0.15, 0.2) is 0 Å². The maximum Gasteiger partial charge on any atom is 0.324 e. The second kappa shape index (κ2) is 2.32. The van der Waals surface area contributed by atoms with Gasteiger partial charge in [0.2, 0.25) is 6.23 Å². The zero-order valence-electron chi connectivity index (χ0n) is 5.60. The molecule has 9 heteroatoms. The molecule has 0 aromatic rings. The van der Waals surface area contributed by atoms with Crippen molar-refractivity contribution in [3.63, 3.8) is 0 Å². The lowest BCUT2D eigenvalue weighted by Crippen LogP contribution is -2.60. The third kappa shape index (κ3) is 0.877. The van der Waals surface area contributed by atoms with E-state index >= 15 is 0 Å². The van der Waals surface area contributed by atoms with Gasteiger partial charge in [0.05, 0.1) is 0 Å². The predicted octanol–water partition coefficient (Wildman–Crippen LogP) is -4.06. The second-order valence-electron chi connectivity index (χ2n) is 2.35. The molecular formula is C3H8N2O7. The van der Waals surface area contributed by atoms with Crippen LogP contribution in [0, 0.1) is 0 Å². The van der Waals surface area contributed by atoms with Gasteiger partial charge in [-0.3, -0.25) is 10.4 Å². The number of rotatable bonds is 0. The summed E-state index contributed by atoms with van der Waals surface area (Å²) in [6.45, 7) is 0. The summed E-state index contributed by atoms with van der Waals surface area (Å²) in [6, 6.07) is 0. The number of aliphatic hydroxyl groups is 5. The SMILES string of the molecule is OC1N(O)N(O)C(O)(O)C1(O)O. The smallest absolute Gasteiger partial charge is 0.324 e. The molecule has 9 nitrogen and oxygen atoms in total. The molecule has 1 fully saturated rings. The minimum Gasteiger partial charge on any atom is -0.370 e. The van der Waals surface area contributed by atoms with E-state index < -0.39 is 28.3 Å². The molecule has 1 saturated heterocycles. The van der Waals surface area contributed by atoms with Crippen molar-refractivity contribution in [2.75, 3.05) is 0 Å². The number of hydroxylamine groups is 2. The van der Waals surface area contributed by atoms with Gasteiger partial charge in [-0.1, -0.05) is 5.17 Å². The molecule has 0 aliphatic carbocycles. The molecule has 0 radical (unpaired) electrons. The number of hydrazine groups is 1. The Morgan fingerprint density at radius 3 is 1.50 bits per heavy atom. The second-order valence-corrected chi connectivity index (χ2v) is 2.35. The van der Waals surface area contributed by atoms with Crippen LogP contribution in [0.4, 0.5) is 0 Å². The lowest BCUT2D eigenvalue weighted by molar-refractivity contribution is -0.485. The van der Waals surface area contributed by atoms with E-state index in [0.29, 0.717) is 0 Å². The van der Waals surface area contributed by atoms with E-state index in [2.05, 4.69) is 0 Å². The number of nitrogens with zero attached hydrogens (tertiary/aromatic N) is 2. The van der Waals surface area contributed by atoms with E-state index in [9.17, 15) is 0 Å². The zero-order chi connectivity index (χ0) is 9.73. The van der Waals surface area contributed by atoms with Crippen molar-refractivity contribution in [3.8, 4) is 0 Å². The van der Waals surface area contributed by atoms with Crippen LogP contribution in [-0.4, -0.2) is 64.2 Å². The average Bonchev–Trinajstić information content (AvgIpc) is 2.05. The van der Waals surface area contributed by atoms with Gasteiger partial charge < -0.3 is 25.5 Å². The Hall–Kier alpha value is -0.360. The highest BCUT2D eigenvalue weighted by molar-refractivity contribution is 4.88. The molecule has 12 heavy (non-hydrogen) atoms. The Labute approximate surface area is 65.4 Å². The molecule has 1 heterocycles. The van der Waals surface area contributed by atoms with Gasteiger partial charge in [0, 0.05) is 0 Å². The lowest BCUT2D eigenvalue weighted by Gasteiger charge is -2.28. The van der Waals surface area contributed by atoms with Crippen LogP contribution in [0.1, 0.15) is 0 Å². The van der Waals surface area contributed by atoms with E-state index in [0.717, 1.165) is 0 Å². The molecule has 1 atom stereocenters. The quantitative estimate of drug-likeness (QED) is 0.187. The first-order valence-electron chi connectivity index (χ1n) is 2.77. The summed E-state index contributed by atoms with van der Waals surface area (Å²) >= 11 is 0. The van der Waals surface area contributed by atoms with Crippen molar-refractivity contribution < 1.29 is 35.9 Å². The van der Waals surface area contributed by atoms with Gasteiger partial charge in [0.1, 0.15) is 0 Å². The van der Waals surface area contributed by atoms with Crippen LogP contribution in [0.2, 0.25) is 0 Å². The summed E-state index contributed by atoms with van der Waals surface area (Å²) in [6.07, 6.45) is -2.47. The molecule has 1 aliphatic heterocycles. The number of hydrogen-bond acceptors (Lipinski definition) is 9. The van der Waals surface area contributed by atoms with Crippen LogP contribution in [0.5, 0.6) is 0 Å². The van der Waals surface area contributed by atoms with Gasteiger partial charge in [-0.25, -0.2) is 0 Å². The Morgan fingerprint density at radius 2 is 1.42 bits per heavy atom. The van der Waals surface area contributed by atoms with Crippen molar-refractivity contribution in [1.29, 1.82) is 0 Å². The highest BCUT2D eigenvalue weighted by Gasteiger charge is 2.68. The summed E-state index contributed by atoms with van der Waals surface area (Å²) in [5, 5.41) is 59.4. The van der Waals surface area contributed by atoms with Crippen molar-refractivity contribution in [2.45, 2.75) is 17.9 Å². The number of aliphatic hydroxyl groups excluding tert-OH is 1. The molecule has 7 N–H and O–H groups in total. The molecule has 0 spiro atoms. The van der Waals surface area contributed by atoms with E-state index in [1.807, 2.05) is 0 Å². The summed E-state index contributed by atoms with van der Waals surface area (Å²) in [7, 11) is 0. The molecule has 0 amide bonds. The fourth-order valence-electron chi connectivity index (χ4n) is 0.728. The van der Waals surface area contributed by atoms with E-state index in [4.69, 9.17) is 35.9 Å². The van der Waals surface area contributed by atoms with E-state index in [1.54, 1.807) is 0 Å². The van der Waals surface area contributed by atoms with Crippen molar-refractivity contribution in [1.82, 2.24) is 10.3 Å². The molecule has 72 valence electrons. The molecule has 1 unspecified atom stereocenters. The maximum atomic E-state index is 8.73. The molecule has 0 saturated carbocycles. The Bertz CT molecular complexity index is 173. The van der Waals surface area contributed by atoms with E-state index in [1.165, 1.54) is 0 Å². The van der Waals surface area contributed by atoms with Crippen LogP contribution < -0.4 is 0 Å². The van der Waals surface area contributed by atoms with Crippen LogP contribution in [0.15, 0.2) is 0 Å². The standard InChI is InChI=1S/C3H8N2O7/c6-1-2(7,8)3(9,10)5(12)4(1)11/h1,6-12H. The third-order valence-corrected chi connectivity index (χ3v) is 1.55. The molecule has 1 aliphatic rings. The van der Waals surface area contributed by atoms with Gasteiger partial charge in [0.25, 0.3) is 5.79 Å². The average molecular weight is 184 g/mol. The Morgan fingerprint density at radius 1 is 1.00 bits per heavy atom. The first-order chi connectivity index (χ1) is 5.23. The highest BCUT2D eigenvalue weighted by Crippen LogP contribution is 2.33. The molecular weight excluding hydrogens is 176 g/mol. The summed E-state index contributed by atoms with van der Waals surface area (Å²) < 4.78 is 0. The minimum absolute atomic E-state index is 0.556. The van der Waals surface area contributed by atoms with Crippen molar-refractivity contribution in [3.05, 3.63) is 0 Å². The van der Waals surface area contributed by atoms with Gasteiger partial charge in [-0.15, -0.1) is 0 Å². The van der Waals surface area contributed by atoms with Crippen LogP contribution in [-0.2, 0) is 0 Å². The van der Waals surface area contributed by atoms with Crippen molar-refractivity contribution in [2.24, 2.45) is 0 Å². The van der Waals surface area contributed by atoms with Gasteiger partial charge in [-0.2, -0.15) is 0 Å². The monoisotopic (exact) mass is 184 g/mol. The van der Waals surface area contributed by atoms with Gasteiger partial charge in [-0.05, 0) is 5.17 Å². The highest BCUT2D eigenvalue weighted by atomic mass is 16.8. The Kier molecular flexibility index (Phi) is 1.88. The molecule has 0 aromatic carbocycles. The molecule has 1 rings (SSSR count). The maximum absolute atomic E-state index is 8.73. The topological polar surface area (TPSA) is 148 Å². The zero-order valence-corrected chi connectivity index (χ0v) is 5.60. The summed E-state index contributed by atoms with van der Waals surface area (Å²) in [5.41, 5.74) is 0. The van der Waals surface area contributed by atoms with Crippen molar-refractivity contribution >= 4 is 0 Å². The van der Waals surface area contributed by atoms with Crippen LogP contribution in [0.25, 0.3) is 0 Å². The number of hydrogen-bond donors (Lipinski definition) is 7. The third-order valence-electron chi connectivity index (χ3n) is 1.55. The first kappa shape index (κ1) is 9.73. The predicted molar refractivity (Wildman–Crippen MR) is 27.6 cm³/mol. The fraction of sp³-hybridized carbons (Fsp3) is 1.00. The van der Waals surface area contributed by atoms with E-state index in [-0.39, 0.29) is 0 Å². The summed E-state index contributed by atoms with van der Waals surface area (Å²) in [5.74, 6) is -7.07. The fourth-order valence-corrected chi connectivity index (χ4v) is 0.728. The lowest BCUT2D eigenvalue weighted by atomic mass is 10.2. The molecule has 0 bridgehead atoms. The van der Waals surface area contributed by atoms with Crippen LogP contribution in [0.3, 0.4) is 0 Å². The molecule has 0 aromatic heterocycles. The van der Waals surface area contributed by atoms with Crippen LogP contribution >= 0.6 is 0 Å². The largest absolute Gasteiger partial charge is 0.370 e. The Balaban J connectivity index is 3.06.